The van der Waals surface area contributed by atoms with E-state index in [2.05, 4.69) is 40.8 Å². The minimum Gasteiger partial charge on any atom is -0.468 e. The zero-order valence-electron chi connectivity index (χ0n) is 16.9. The van der Waals surface area contributed by atoms with Crippen molar-refractivity contribution in [1.29, 1.82) is 0 Å². The number of nitrogens with zero attached hydrogens (tertiary/aromatic N) is 2. The van der Waals surface area contributed by atoms with E-state index in [1.54, 1.807) is 12.1 Å². The summed E-state index contributed by atoms with van der Waals surface area (Å²) in [7, 11) is 1.25. The Morgan fingerprint density at radius 1 is 1.17 bits per heavy atom. The van der Waals surface area contributed by atoms with Gasteiger partial charge in [0.05, 0.1) is 12.8 Å². The molecule has 0 aliphatic carbocycles. The number of carbonyl (C=O) groups excluding carboxylic acids is 1. The van der Waals surface area contributed by atoms with Crippen LogP contribution in [0.3, 0.4) is 0 Å². The van der Waals surface area contributed by atoms with Crippen LogP contribution < -0.4 is 4.31 Å². The SMILES string of the molecule is COC(=O)CN(c1ccc(-c2ccc(CCN3CCCC3C)cc2)cc1)S(=O)O. The molecule has 1 aliphatic heterocycles. The Labute approximate surface area is 174 Å². The Morgan fingerprint density at radius 2 is 1.79 bits per heavy atom. The summed E-state index contributed by atoms with van der Waals surface area (Å²) in [4.78, 5) is 14.0. The second-order valence-corrected chi connectivity index (χ2v) is 8.27. The number of esters is 1. The van der Waals surface area contributed by atoms with Crippen molar-refractivity contribution in [2.75, 3.05) is 31.0 Å². The standard InChI is InChI=1S/C22H28N2O4S/c1-17-4-3-14-23(17)15-13-18-5-7-19(8-6-18)20-9-11-21(12-10-20)24(29(26)27)16-22(25)28-2/h5-12,17H,3-4,13-16H2,1-2H3,(H,26,27). The number of rotatable bonds is 8. The highest BCUT2D eigenvalue weighted by Gasteiger charge is 2.19. The molecule has 1 saturated heterocycles. The lowest BCUT2D eigenvalue weighted by Crippen LogP contribution is -2.31. The number of carbonyl (C=O) groups is 1. The Morgan fingerprint density at radius 3 is 2.31 bits per heavy atom. The average Bonchev–Trinajstić information content (AvgIpc) is 3.15. The molecule has 29 heavy (non-hydrogen) atoms. The number of anilines is 1. The van der Waals surface area contributed by atoms with Gasteiger partial charge in [-0.3, -0.25) is 13.7 Å². The van der Waals surface area contributed by atoms with Crippen molar-refractivity contribution in [3.63, 3.8) is 0 Å². The van der Waals surface area contributed by atoms with Crippen molar-refractivity contribution in [3.05, 3.63) is 54.1 Å². The molecule has 0 bridgehead atoms. The summed E-state index contributed by atoms with van der Waals surface area (Å²) >= 11 is -2.31. The molecular formula is C22H28N2O4S. The van der Waals surface area contributed by atoms with Gasteiger partial charge < -0.3 is 9.64 Å². The molecule has 156 valence electrons. The predicted molar refractivity (Wildman–Crippen MR) is 116 cm³/mol. The molecule has 1 N–H and O–H groups in total. The fourth-order valence-corrected chi connectivity index (χ4v) is 4.22. The first kappa shape index (κ1) is 21.5. The van der Waals surface area contributed by atoms with E-state index in [0.29, 0.717) is 11.7 Å². The summed E-state index contributed by atoms with van der Waals surface area (Å²) in [5.74, 6) is -0.574. The van der Waals surface area contributed by atoms with Crippen LogP contribution in [0.2, 0.25) is 0 Å². The van der Waals surface area contributed by atoms with Gasteiger partial charge in [0.1, 0.15) is 6.54 Å². The molecule has 0 aromatic heterocycles. The first-order valence-electron chi connectivity index (χ1n) is 9.86. The molecule has 2 atom stereocenters. The molecule has 7 heteroatoms. The summed E-state index contributed by atoms with van der Waals surface area (Å²) in [6.07, 6.45) is 3.65. The van der Waals surface area contributed by atoms with Gasteiger partial charge in [-0.05, 0) is 61.6 Å². The van der Waals surface area contributed by atoms with Gasteiger partial charge in [0.15, 0.2) is 0 Å². The van der Waals surface area contributed by atoms with Gasteiger partial charge in [0.2, 0.25) is 0 Å². The zero-order chi connectivity index (χ0) is 20.8. The van der Waals surface area contributed by atoms with Gasteiger partial charge in [0.25, 0.3) is 11.3 Å². The van der Waals surface area contributed by atoms with Gasteiger partial charge in [-0.2, -0.15) is 0 Å². The Hall–Kier alpha value is -2.22. The third kappa shape index (κ3) is 5.65. The van der Waals surface area contributed by atoms with Gasteiger partial charge in [-0.25, -0.2) is 4.21 Å². The van der Waals surface area contributed by atoms with Crippen molar-refractivity contribution in [3.8, 4) is 11.1 Å². The van der Waals surface area contributed by atoms with E-state index in [0.717, 1.165) is 28.4 Å². The van der Waals surface area contributed by atoms with Crippen molar-refractivity contribution in [2.45, 2.75) is 32.2 Å². The van der Waals surface area contributed by atoms with Crippen molar-refractivity contribution >= 4 is 22.9 Å². The van der Waals surface area contributed by atoms with Crippen molar-refractivity contribution in [1.82, 2.24) is 4.90 Å². The maximum atomic E-state index is 11.5. The van der Waals surface area contributed by atoms with E-state index in [4.69, 9.17) is 0 Å². The summed E-state index contributed by atoms with van der Waals surface area (Å²) in [5.41, 5.74) is 3.90. The van der Waals surface area contributed by atoms with Crippen molar-refractivity contribution < 1.29 is 18.3 Å². The maximum Gasteiger partial charge on any atom is 0.326 e. The van der Waals surface area contributed by atoms with Gasteiger partial charge >= 0.3 is 5.97 Å². The topological polar surface area (TPSA) is 70.1 Å². The van der Waals surface area contributed by atoms with Gasteiger partial charge in [-0.1, -0.05) is 36.4 Å². The Balaban J connectivity index is 1.64. The average molecular weight is 417 g/mol. The molecule has 0 amide bonds. The van der Waals surface area contributed by atoms with Crippen LogP contribution in [0.4, 0.5) is 5.69 Å². The molecule has 6 nitrogen and oxygen atoms in total. The van der Waals surface area contributed by atoms with Crippen LogP contribution in [0.15, 0.2) is 48.5 Å². The minimum atomic E-state index is -2.31. The second-order valence-electron chi connectivity index (χ2n) is 7.36. The van der Waals surface area contributed by atoms with Crippen LogP contribution in [0.25, 0.3) is 11.1 Å². The molecule has 0 spiro atoms. The molecule has 0 radical (unpaired) electrons. The molecule has 0 saturated carbocycles. The lowest BCUT2D eigenvalue weighted by atomic mass is 10.0. The van der Waals surface area contributed by atoms with Crippen LogP contribution in [-0.2, 0) is 27.2 Å². The molecule has 1 aliphatic rings. The van der Waals surface area contributed by atoms with E-state index in [-0.39, 0.29) is 6.54 Å². The Kier molecular flexibility index (Phi) is 7.41. The third-order valence-corrected chi connectivity index (χ3v) is 6.23. The molecule has 2 unspecified atom stereocenters. The van der Waals surface area contributed by atoms with Crippen LogP contribution in [0, 0.1) is 0 Å². The van der Waals surface area contributed by atoms with Crippen LogP contribution in [0.5, 0.6) is 0 Å². The highest BCUT2D eigenvalue weighted by molar-refractivity contribution is 7.80. The highest BCUT2D eigenvalue weighted by atomic mass is 32.2. The smallest absolute Gasteiger partial charge is 0.326 e. The fourth-order valence-electron chi connectivity index (χ4n) is 3.70. The van der Waals surface area contributed by atoms with E-state index >= 15 is 0 Å². The third-order valence-electron chi connectivity index (χ3n) is 5.51. The molecular weight excluding hydrogens is 388 g/mol. The predicted octanol–water partition coefficient (Wildman–Crippen LogP) is 3.50. The molecule has 2 aromatic rings. The zero-order valence-corrected chi connectivity index (χ0v) is 17.7. The Bertz CT molecular complexity index is 839. The number of hydrogen-bond acceptors (Lipinski definition) is 4. The quantitative estimate of drug-likeness (QED) is 0.527. The van der Waals surface area contributed by atoms with Crippen LogP contribution >= 0.6 is 0 Å². The summed E-state index contributed by atoms with van der Waals surface area (Å²) in [6, 6.07) is 16.5. The summed E-state index contributed by atoms with van der Waals surface area (Å²) in [6.45, 7) is 4.32. The van der Waals surface area contributed by atoms with Gasteiger partial charge in [0, 0.05) is 12.6 Å². The number of methoxy groups -OCH3 is 1. The molecule has 1 fully saturated rings. The second kappa shape index (κ2) is 10.0. The normalized spacial score (nSPS) is 17.8. The van der Waals surface area contributed by atoms with Crippen LogP contribution in [-0.4, -0.2) is 52.4 Å². The number of hydrogen-bond donors (Lipinski definition) is 1. The molecule has 1 heterocycles. The molecule has 2 aromatic carbocycles. The first-order chi connectivity index (χ1) is 14.0. The maximum absolute atomic E-state index is 11.5. The van der Waals surface area contributed by atoms with Crippen LogP contribution in [0.1, 0.15) is 25.3 Å². The van der Waals surface area contributed by atoms with E-state index in [1.807, 2.05) is 12.1 Å². The van der Waals surface area contributed by atoms with E-state index in [1.165, 1.54) is 32.1 Å². The summed E-state index contributed by atoms with van der Waals surface area (Å²) in [5, 5.41) is 0. The monoisotopic (exact) mass is 416 g/mol. The van der Waals surface area contributed by atoms with Crippen molar-refractivity contribution in [2.24, 2.45) is 0 Å². The van der Waals surface area contributed by atoms with E-state index in [9.17, 15) is 13.6 Å². The first-order valence-corrected chi connectivity index (χ1v) is 10.9. The number of likely N-dealkylation sites (tertiary alicyclic amines) is 1. The minimum absolute atomic E-state index is 0.288. The summed E-state index contributed by atoms with van der Waals surface area (Å²) < 4.78 is 26.7. The largest absolute Gasteiger partial charge is 0.468 e. The number of benzene rings is 2. The lowest BCUT2D eigenvalue weighted by molar-refractivity contribution is -0.138. The van der Waals surface area contributed by atoms with Gasteiger partial charge in [-0.15, -0.1) is 0 Å². The number of ether oxygens (including phenoxy) is 1. The lowest BCUT2D eigenvalue weighted by Gasteiger charge is -2.20. The fraction of sp³-hybridized carbons (Fsp3) is 0.409. The highest BCUT2D eigenvalue weighted by Crippen LogP contribution is 2.25. The molecule has 3 rings (SSSR count). The van der Waals surface area contributed by atoms with E-state index < -0.39 is 17.2 Å².